The number of allylic oxidation sites excluding steroid dienone is 2. The third-order valence-electron chi connectivity index (χ3n) is 4.88. The lowest BCUT2D eigenvalue weighted by molar-refractivity contribution is 0.209. The second-order valence-electron chi connectivity index (χ2n) is 7.11. The molecule has 2 heteroatoms. The van der Waals surface area contributed by atoms with Gasteiger partial charge in [-0.1, -0.05) is 32.9 Å². The summed E-state index contributed by atoms with van der Waals surface area (Å²) in [6, 6.07) is 0. The van der Waals surface area contributed by atoms with Crippen LogP contribution in [0.3, 0.4) is 0 Å². The summed E-state index contributed by atoms with van der Waals surface area (Å²) >= 11 is 0. The molecule has 0 amide bonds. The molecule has 1 nitrogen and oxygen atoms in total. The maximum absolute atomic E-state index is 6.34. The van der Waals surface area contributed by atoms with Crippen molar-refractivity contribution in [2.45, 2.75) is 51.7 Å². The van der Waals surface area contributed by atoms with Crippen molar-refractivity contribution in [2.75, 3.05) is 6.61 Å². The predicted molar refractivity (Wildman–Crippen MR) is 72.0 cm³/mol. The molecule has 0 aromatic heterocycles. The maximum Gasteiger partial charge on any atom is 0.191 e. The van der Waals surface area contributed by atoms with E-state index in [-0.39, 0.29) is 0 Å². The third kappa shape index (κ3) is 2.28. The van der Waals surface area contributed by atoms with Crippen LogP contribution >= 0.6 is 0 Å². The molecule has 0 saturated heterocycles. The Morgan fingerprint density at radius 3 is 2.31 bits per heavy atom. The van der Waals surface area contributed by atoms with Crippen LogP contribution in [0.1, 0.15) is 33.6 Å². The fourth-order valence-electron chi connectivity index (χ4n) is 2.62. The van der Waals surface area contributed by atoms with Gasteiger partial charge in [0.15, 0.2) is 8.32 Å². The molecule has 2 aliphatic carbocycles. The number of hydrogen-bond donors (Lipinski definition) is 0. The van der Waals surface area contributed by atoms with E-state index in [0.29, 0.717) is 5.04 Å². The molecule has 16 heavy (non-hydrogen) atoms. The summed E-state index contributed by atoms with van der Waals surface area (Å²) in [5.41, 5.74) is 0. The molecule has 0 aromatic carbocycles. The van der Waals surface area contributed by atoms with E-state index in [1.54, 1.807) is 0 Å². The van der Waals surface area contributed by atoms with Crippen molar-refractivity contribution < 1.29 is 4.43 Å². The first kappa shape index (κ1) is 12.4. The van der Waals surface area contributed by atoms with Crippen molar-refractivity contribution in [3.63, 3.8) is 0 Å². The first-order chi connectivity index (χ1) is 7.29. The Labute approximate surface area is 101 Å². The summed E-state index contributed by atoms with van der Waals surface area (Å²) in [4.78, 5) is 0. The Kier molecular flexibility index (Phi) is 3.08. The van der Waals surface area contributed by atoms with Crippen LogP contribution in [-0.2, 0) is 4.43 Å². The largest absolute Gasteiger partial charge is 0.417 e. The molecule has 0 N–H and O–H groups in total. The molecule has 3 atom stereocenters. The Morgan fingerprint density at radius 2 is 1.88 bits per heavy atom. The predicted octanol–water partition coefficient (Wildman–Crippen LogP) is 4.22. The molecule has 2 rings (SSSR count). The van der Waals surface area contributed by atoms with Crippen LogP contribution in [0.25, 0.3) is 0 Å². The number of rotatable bonds is 3. The van der Waals surface area contributed by atoms with Crippen molar-refractivity contribution in [1.82, 2.24) is 0 Å². The van der Waals surface area contributed by atoms with E-state index in [1.165, 1.54) is 12.8 Å². The molecule has 0 aliphatic heterocycles. The zero-order valence-electron chi connectivity index (χ0n) is 11.4. The highest BCUT2D eigenvalue weighted by Gasteiger charge is 2.40. The van der Waals surface area contributed by atoms with E-state index in [2.05, 4.69) is 46.0 Å². The molecule has 0 aromatic rings. The SMILES string of the molecule is CC(C)(C)[Si](C)(C)OC[C@@H]1C[C@H]2C=C[C@@H]1C2. The van der Waals surface area contributed by atoms with Crippen LogP contribution in [0.5, 0.6) is 0 Å². The lowest BCUT2D eigenvalue weighted by Gasteiger charge is -2.37. The van der Waals surface area contributed by atoms with Gasteiger partial charge in [0.05, 0.1) is 0 Å². The lowest BCUT2D eigenvalue weighted by atomic mass is 9.95. The number of hydrogen-bond acceptors (Lipinski definition) is 1. The normalized spacial score (nSPS) is 33.7. The van der Waals surface area contributed by atoms with Gasteiger partial charge in [0.1, 0.15) is 0 Å². The summed E-state index contributed by atoms with van der Waals surface area (Å²) in [7, 11) is -1.52. The standard InChI is InChI=1S/C14H26OSi/c1-14(2,3)16(4,5)15-10-13-9-11-6-7-12(13)8-11/h6-7,11-13H,8-10H2,1-5H3/t11-,12+,13-/m0/s1. The first-order valence-corrected chi connectivity index (χ1v) is 9.53. The van der Waals surface area contributed by atoms with Gasteiger partial charge in [0, 0.05) is 6.61 Å². The van der Waals surface area contributed by atoms with Gasteiger partial charge >= 0.3 is 0 Å². The second-order valence-corrected chi connectivity index (χ2v) is 11.9. The smallest absolute Gasteiger partial charge is 0.191 e. The van der Waals surface area contributed by atoms with Crippen LogP contribution in [0.4, 0.5) is 0 Å². The van der Waals surface area contributed by atoms with Crippen LogP contribution in [0, 0.1) is 17.8 Å². The monoisotopic (exact) mass is 238 g/mol. The van der Waals surface area contributed by atoms with Crippen LogP contribution in [0.2, 0.25) is 18.1 Å². The summed E-state index contributed by atoms with van der Waals surface area (Å²) in [6.07, 6.45) is 7.60. The molecular weight excluding hydrogens is 212 g/mol. The minimum Gasteiger partial charge on any atom is -0.417 e. The van der Waals surface area contributed by atoms with Crippen molar-refractivity contribution >= 4 is 8.32 Å². The molecule has 1 saturated carbocycles. The molecule has 92 valence electrons. The fourth-order valence-corrected chi connectivity index (χ4v) is 3.68. The van der Waals surface area contributed by atoms with E-state index in [1.807, 2.05) is 0 Å². The molecule has 0 radical (unpaired) electrons. The second kappa shape index (κ2) is 3.99. The highest BCUT2D eigenvalue weighted by atomic mass is 28.4. The topological polar surface area (TPSA) is 9.23 Å². The van der Waals surface area contributed by atoms with Crippen LogP contribution in [0.15, 0.2) is 12.2 Å². The van der Waals surface area contributed by atoms with Crippen molar-refractivity contribution in [3.05, 3.63) is 12.2 Å². The van der Waals surface area contributed by atoms with Gasteiger partial charge in [0.25, 0.3) is 0 Å². The summed E-state index contributed by atoms with van der Waals surface area (Å²) in [6.45, 7) is 12.7. The third-order valence-corrected chi connectivity index (χ3v) is 9.38. The van der Waals surface area contributed by atoms with Gasteiger partial charge in [0.2, 0.25) is 0 Å². The Hall–Kier alpha value is -0.0831. The van der Waals surface area contributed by atoms with Gasteiger partial charge in [-0.25, -0.2) is 0 Å². The van der Waals surface area contributed by atoms with Crippen LogP contribution < -0.4 is 0 Å². The highest BCUT2D eigenvalue weighted by Crippen LogP contribution is 2.44. The first-order valence-electron chi connectivity index (χ1n) is 6.62. The minimum atomic E-state index is -1.52. The van der Waals surface area contributed by atoms with E-state index in [4.69, 9.17) is 4.43 Å². The average Bonchev–Trinajstić information content (AvgIpc) is 2.73. The molecule has 2 aliphatic rings. The Morgan fingerprint density at radius 1 is 1.19 bits per heavy atom. The quantitative estimate of drug-likeness (QED) is 0.528. The number of fused-ring (bicyclic) bond motifs is 2. The van der Waals surface area contributed by atoms with Crippen molar-refractivity contribution in [3.8, 4) is 0 Å². The van der Waals surface area contributed by atoms with Gasteiger partial charge in [-0.05, 0) is 48.7 Å². The minimum absolute atomic E-state index is 0.348. The molecule has 0 spiro atoms. The Balaban J connectivity index is 1.86. The fraction of sp³-hybridized carbons (Fsp3) is 0.857. The molecule has 0 heterocycles. The molecule has 2 bridgehead atoms. The van der Waals surface area contributed by atoms with E-state index in [0.717, 1.165) is 24.4 Å². The van der Waals surface area contributed by atoms with Gasteiger partial charge in [-0.3, -0.25) is 0 Å². The van der Waals surface area contributed by atoms with Gasteiger partial charge < -0.3 is 4.43 Å². The highest BCUT2D eigenvalue weighted by molar-refractivity contribution is 6.74. The van der Waals surface area contributed by atoms with Crippen LogP contribution in [-0.4, -0.2) is 14.9 Å². The summed E-state index contributed by atoms with van der Waals surface area (Å²) < 4.78 is 6.34. The van der Waals surface area contributed by atoms with E-state index >= 15 is 0 Å². The molecular formula is C14H26OSi. The van der Waals surface area contributed by atoms with Crippen molar-refractivity contribution in [2.24, 2.45) is 17.8 Å². The van der Waals surface area contributed by atoms with E-state index < -0.39 is 8.32 Å². The lowest BCUT2D eigenvalue weighted by Crippen LogP contribution is -2.42. The van der Waals surface area contributed by atoms with Crippen molar-refractivity contribution in [1.29, 1.82) is 0 Å². The summed E-state index contributed by atoms with van der Waals surface area (Å²) in [5.74, 6) is 2.51. The maximum atomic E-state index is 6.34. The molecule has 0 unspecified atom stereocenters. The Bertz CT molecular complexity index is 288. The van der Waals surface area contributed by atoms with Gasteiger partial charge in [-0.2, -0.15) is 0 Å². The average molecular weight is 238 g/mol. The zero-order valence-corrected chi connectivity index (χ0v) is 12.4. The van der Waals surface area contributed by atoms with Gasteiger partial charge in [-0.15, -0.1) is 0 Å². The van der Waals surface area contributed by atoms with E-state index in [9.17, 15) is 0 Å². The zero-order chi connectivity index (χ0) is 12.0. The summed E-state index contributed by atoms with van der Waals surface area (Å²) in [5, 5.41) is 0.348. The molecule has 1 fully saturated rings.